The Bertz CT molecular complexity index is 650. The fraction of sp³-hybridized carbons (Fsp3) is 0.211. The maximum atomic E-state index is 14.1. The summed E-state index contributed by atoms with van der Waals surface area (Å²) in [6.07, 6.45) is 2.53. The number of benzene rings is 2. The van der Waals surface area contributed by atoms with Gasteiger partial charge in [-0.3, -0.25) is 0 Å². The van der Waals surface area contributed by atoms with E-state index in [-0.39, 0.29) is 10.8 Å². The molecule has 22 heavy (non-hydrogen) atoms. The summed E-state index contributed by atoms with van der Waals surface area (Å²) in [5.41, 5.74) is 3.87. The first-order valence-electron chi connectivity index (χ1n) is 7.15. The average Bonchev–Trinajstić information content (AvgIpc) is 2.51. The van der Waals surface area contributed by atoms with Crippen LogP contribution in [0.15, 0.2) is 65.7 Å². The van der Waals surface area contributed by atoms with Crippen LogP contribution in [0.25, 0.3) is 0 Å². The minimum atomic E-state index is -0.486. The third-order valence-corrected chi connectivity index (χ3v) is 4.51. The van der Waals surface area contributed by atoms with Crippen LogP contribution in [-0.2, 0) is 6.42 Å². The minimum Gasteiger partial charge on any atom is -0.207 e. The van der Waals surface area contributed by atoms with Crippen LogP contribution >= 0.6 is 11.8 Å². The fourth-order valence-corrected chi connectivity index (χ4v) is 3.25. The van der Waals surface area contributed by atoms with E-state index in [2.05, 4.69) is 12.3 Å². The molecule has 2 aromatic carbocycles. The molecule has 0 heterocycles. The quantitative estimate of drug-likeness (QED) is 0.459. The van der Waals surface area contributed by atoms with Crippen LogP contribution in [-0.4, -0.2) is 0 Å². The summed E-state index contributed by atoms with van der Waals surface area (Å²) in [4.78, 5) is 0.606. The van der Waals surface area contributed by atoms with Gasteiger partial charge in [-0.25, -0.2) is 8.78 Å². The predicted octanol–water partition coefficient (Wildman–Crippen LogP) is 6.09. The van der Waals surface area contributed by atoms with Gasteiger partial charge in [0.1, 0.15) is 11.6 Å². The van der Waals surface area contributed by atoms with E-state index in [1.54, 1.807) is 6.08 Å². The molecule has 0 bridgehead atoms. The van der Waals surface area contributed by atoms with Crippen molar-refractivity contribution in [3.8, 4) is 0 Å². The third kappa shape index (κ3) is 4.33. The average molecular weight is 316 g/mol. The summed E-state index contributed by atoms with van der Waals surface area (Å²) in [5.74, 6) is -0.972. The zero-order chi connectivity index (χ0) is 15.9. The van der Waals surface area contributed by atoms with Crippen molar-refractivity contribution in [3.63, 3.8) is 0 Å². The predicted molar refractivity (Wildman–Crippen MR) is 89.1 cm³/mol. The molecule has 0 spiro atoms. The lowest BCUT2D eigenvalue weighted by Gasteiger charge is -2.13. The van der Waals surface area contributed by atoms with E-state index in [0.29, 0.717) is 17.7 Å². The van der Waals surface area contributed by atoms with Gasteiger partial charge in [0.05, 0.1) is 0 Å². The molecular weight excluding hydrogens is 298 g/mol. The first-order valence-corrected chi connectivity index (χ1v) is 8.03. The van der Waals surface area contributed by atoms with Crippen LogP contribution in [0.4, 0.5) is 8.78 Å². The highest BCUT2D eigenvalue weighted by Gasteiger charge is 2.13. The van der Waals surface area contributed by atoms with Crippen molar-refractivity contribution in [2.45, 2.75) is 29.9 Å². The van der Waals surface area contributed by atoms with E-state index in [1.165, 1.54) is 23.9 Å². The summed E-state index contributed by atoms with van der Waals surface area (Å²) in [6, 6.07) is 12.7. The number of thioether (sulfide) groups is 1. The van der Waals surface area contributed by atoms with Gasteiger partial charge < -0.3 is 0 Å². The molecular formula is C19H18F2S. The molecule has 3 heteroatoms. The summed E-state index contributed by atoms with van der Waals surface area (Å²) in [6.45, 7) is 5.47. The standard InChI is InChI=1S/C19H18F2S/c1-3-4-6-11-17-18(20)12-16(13-19(17)21)22-14(2)15-9-7-5-8-10-15/h4-5,7-10,12-14H,1,6,11H2,2H3. The molecule has 0 radical (unpaired) electrons. The number of halogens is 2. The van der Waals surface area contributed by atoms with E-state index >= 15 is 0 Å². The second-order valence-corrected chi connectivity index (χ2v) is 6.40. The topological polar surface area (TPSA) is 0 Å². The molecule has 0 aliphatic heterocycles. The Morgan fingerprint density at radius 2 is 1.82 bits per heavy atom. The maximum absolute atomic E-state index is 14.1. The molecule has 0 fully saturated rings. The lowest BCUT2D eigenvalue weighted by atomic mass is 10.1. The second kappa shape index (κ2) is 7.98. The lowest BCUT2D eigenvalue weighted by Crippen LogP contribution is -1.97. The molecule has 0 saturated carbocycles. The SMILES string of the molecule is C=C=CCCc1c(F)cc(SC(C)c2ccccc2)cc1F. The molecule has 1 unspecified atom stereocenters. The first kappa shape index (κ1) is 16.5. The summed E-state index contributed by atoms with van der Waals surface area (Å²) in [5, 5.41) is 0.134. The van der Waals surface area contributed by atoms with Crippen molar-refractivity contribution < 1.29 is 8.78 Å². The minimum absolute atomic E-state index is 0.128. The molecule has 0 aliphatic carbocycles. The molecule has 0 amide bonds. The van der Waals surface area contributed by atoms with Crippen LogP contribution in [0.3, 0.4) is 0 Å². The number of hydrogen-bond donors (Lipinski definition) is 0. The van der Waals surface area contributed by atoms with Crippen LogP contribution < -0.4 is 0 Å². The highest BCUT2D eigenvalue weighted by Crippen LogP contribution is 2.36. The second-order valence-electron chi connectivity index (χ2n) is 4.98. The van der Waals surface area contributed by atoms with E-state index in [1.807, 2.05) is 37.3 Å². The van der Waals surface area contributed by atoms with Crippen LogP contribution in [0.2, 0.25) is 0 Å². The molecule has 2 aromatic rings. The van der Waals surface area contributed by atoms with E-state index in [4.69, 9.17) is 0 Å². The molecule has 0 aromatic heterocycles. The highest BCUT2D eigenvalue weighted by molar-refractivity contribution is 7.99. The number of hydrogen-bond acceptors (Lipinski definition) is 1. The first-order chi connectivity index (χ1) is 10.6. The van der Waals surface area contributed by atoms with E-state index < -0.39 is 11.6 Å². The molecule has 0 nitrogen and oxygen atoms in total. The van der Waals surface area contributed by atoms with Gasteiger partial charge >= 0.3 is 0 Å². The lowest BCUT2D eigenvalue weighted by molar-refractivity contribution is 0.550. The molecule has 0 aliphatic rings. The third-order valence-electron chi connectivity index (χ3n) is 3.38. The largest absolute Gasteiger partial charge is 0.207 e. The van der Waals surface area contributed by atoms with Gasteiger partial charge in [0.25, 0.3) is 0 Å². The molecule has 1 atom stereocenters. The Hall–Kier alpha value is -1.83. The normalized spacial score (nSPS) is 11.8. The number of rotatable bonds is 6. The van der Waals surface area contributed by atoms with Crippen LogP contribution in [0.5, 0.6) is 0 Å². The van der Waals surface area contributed by atoms with Gasteiger partial charge in [-0.05, 0) is 43.5 Å². The smallest absolute Gasteiger partial charge is 0.130 e. The Balaban J connectivity index is 2.14. The molecule has 114 valence electrons. The fourth-order valence-electron chi connectivity index (χ4n) is 2.20. The van der Waals surface area contributed by atoms with Crippen molar-refractivity contribution in [1.82, 2.24) is 0 Å². The van der Waals surface area contributed by atoms with Gasteiger partial charge in [-0.2, -0.15) is 0 Å². The van der Waals surface area contributed by atoms with Crippen molar-refractivity contribution in [2.24, 2.45) is 0 Å². The summed E-state index contributed by atoms with van der Waals surface area (Å²) >= 11 is 1.45. The Morgan fingerprint density at radius 3 is 2.41 bits per heavy atom. The Morgan fingerprint density at radius 1 is 1.18 bits per heavy atom. The van der Waals surface area contributed by atoms with Gasteiger partial charge in [0, 0.05) is 15.7 Å². The maximum Gasteiger partial charge on any atom is 0.130 e. The Labute approximate surface area is 134 Å². The van der Waals surface area contributed by atoms with Gasteiger partial charge in [0.15, 0.2) is 0 Å². The van der Waals surface area contributed by atoms with Crippen molar-refractivity contribution >= 4 is 11.8 Å². The summed E-state index contributed by atoms with van der Waals surface area (Å²) < 4.78 is 28.2. The van der Waals surface area contributed by atoms with Gasteiger partial charge in [0.2, 0.25) is 0 Å². The zero-order valence-electron chi connectivity index (χ0n) is 12.5. The monoisotopic (exact) mass is 316 g/mol. The van der Waals surface area contributed by atoms with Crippen molar-refractivity contribution in [3.05, 3.63) is 83.6 Å². The van der Waals surface area contributed by atoms with Crippen molar-refractivity contribution in [1.29, 1.82) is 0 Å². The summed E-state index contributed by atoms with van der Waals surface area (Å²) in [7, 11) is 0. The van der Waals surface area contributed by atoms with Gasteiger partial charge in [-0.1, -0.05) is 36.9 Å². The Kier molecular flexibility index (Phi) is 6.00. The van der Waals surface area contributed by atoms with Crippen LogP contribution in [0.1, 0.15) is 29.7 Å². The van der Waals surface area contributed by atoms with Gasteiger partial charge in [-0.15, -0.1) is 17.5 Å². The highest BCUT2D eigenvalue weighted by atomic mass is 32.2. The molecule has 0 N–H and O–H groups in total. The molecule has 2 rings (SSSR count). The van der Waals surface area contributed by atoms with E-state index in [9.17, 15) is 8.78 Å². The van der Waals surface area contributed by atoms with Crippen LogP contribution in [0, 0.1) is 11.6 Å². The van der Waals surface area contributed by atoms with E-state index in [0.717, 1.165) is 5.56 Å². The number of allylic oxidation sites excluding steroid dienone is 1. The molecule has 0 saturated heterocycles. The zero-order valence-corrected chi connectivity index (χ0v) is 13.3. The van der Waals surface area contributed by atoms with Crippen molar-refractivity contribution in [2.75, 3.05) is 0 Å².